The van der Waals surface area contributed by atoms with Gasteiger partial charge in [0.1, 0.15) is 24.7 Å². The summed E-state index contributed by atoms with van der Waals surface area (Å²) in [5, 5.41) is 0. The summed E-state index contributed by atoms with van der Waals surface area (Å²) in [4.78, 5) is 19.6. The maximum atomic E-state index is 13.0. The molecule has 2 heterocycles. The van der Waals surface area contributed by atoms with Crippen LogP contribution in [0.4, 0.5) is 0 Å². The van der Waals surface area contributed by atoms with E-state index in [-0.39, 0.29) is 17.9 Å². The molecule has 2 N–H and O–H groups in total. The van der Waals surface area contributed by atoms with Gasteiger partial charge in [-0.1, -0.05) is 37.3 Å². The zero-order valence-corrected chi connectivity index (χ0v) is 16.2. The first-order valence-corrected chi connectivity index (χ1v) is 9.68. The fourth-order valence-electron chi connectivity index (χ4n) is 3.72. The van der Waals surface area contributed by atoms with Gasteiger partial charge in [-0.25, -0.2) is 4.98 Å². The maximum absolute atomic E-state index is 13.0. The molecule has 1 aromatic heterocycles. The van der Waals surface area contributed by atoms with Crippen molar-refractivity contribution in [1.29, 1.82) is 0 Å². The van der Waals surface area contributed by atoms with Crippen LogP contribution in [-0.4, -0.2) is 40.0 Å². The highest BCUT2D eigenvalue weighted by Gasteiger charge is 2.35. The van der Waals surface area contributed by atoms with Crippen molar-refractivity contribution in [2.24, 2.45) is 11.1 Å². The summed E-state index contributed by atoms with van der Waals surface area (Å²) in [7, 11) is 0. The van der Waals surface area contributed by atoms with Crippen LogP contribution in [0.25, 0.3) is 11.0 Å². The summed E-state index contributed by atoms with van der Waals surface area (Å²) in [6.07, 6.45) is 0.948. The molecule has 1 fully saturated rings. The number of hydrogen-bond acceptors (Lipinski definition) is 4. The van der Waals surface area contributed by atoms with Gasteiger partial charge in [0, 0.05) is 13.1 Å². The summed E-state index contributed by atoms with van der Waals surface area (Å²) in [5.41, 5.74) is 7.73. The number of carbonyl (C=O) groups is 1. The van der Waals surface area contributed by atoms with Crippen LogP contribution in [-0.2, 0) is 17.9 Å². The van der Waals surface area contributed by atoms with Crippen LogP contribution in [0.1, 0.15) is 19.2 Å². The third-order valence-corrected chi connectivity index (χ3v) is 5.54. The number of ether oxygens (including phenoxy) is 1. The van der Waals surface area contributed by atoms with Crippen molar-refractivity contribution in [3.8, 4) is 5.75 Å². The van der Waals surface area contributed by atoms with E-state index in [4.69, 9.17) is 15.5 Å². The molecular formula is C22H26N4O2. The lowest BCUT2D eigenvalue weighted by atomic mass is 9.90. The van der Waals surface area contributed by atoms with Crippen molar-refractivity contribution >= 4 is 16.9 Å². The minimum absolute atomic E-state index is 0.0198. The molecule has 6 heteroatoms. The average molecular weight is 378 g/mol. The second-order valence-corrected chi connectivity index (χ2v) is 7.78. The Labute approximate surface area is 164 Å². The van der Waals surface area contributed by atoms with E-state index in [0.717, 1.165) is 35.6 Å². The SMILES string of the molecule is CC1(CN)CCN(C(=O)Cn2c(COc3ccccc3)nc3ccccc32)C1. The first-order valence-electron chi connectivity index (χ1n) is 9.68. The van der Waals surface area contributed by atoms with Gasteiger partial charge in [0.15, 0.2) is 0 Å². The van der Waals surface area contributed by atoms with Crippen molar-refractivity contribution in [3.05, 3.63) is 60.4 Å². The molecule has 3 aromatic rings. The second kappa shape index (κ2) is 7.64. The number of rotatable bonds is 6. The lowest BCUT2D eigenvalue weighted by Gasteiger charge is -2.23. The van der Waals surface area contributed by atoms with Crippen LogP contribution < -0.4 is 10.5 Å². The number of carbonyl (C=O) groups excluding carboxylic acids is 1. The molecule has 0 aliphatic carbocycles. The molecule has 1 aliphatic heterocycles. The van der Waals surface area contributed by atoms with Gasteiger partial charge in [-0.15, -0.1) is 0 Å². The number of likely N-dealkylation sites (tertiary alicyclic amines) is 1. The summed E-state index contributed by atoms with van der Waals surface area (Å²) >= 11 is 0. The van der Waals surface area contributed by atoms with E-state index in [2.05, 4.69) is 6.92 Å². The fourth-order valence-corrected chi connectivity index (χ4v) is 3.72. The first kappa shape index (κ1) is 18.5. The quantitative estimate of drug-likeness (QED) is 0.716. The van der Waals surface area contributed by atoms with Crippen LogP contribution in [0, 0.1) is 5.41 Å². The van der Waals surface area contributed by atoms with Crippen LogP contribution in [0.3, 0.4) is 0 Å². The molecule has 0 saturated carbocycles. The predicted molar refractivity (Wildman–Crippen MR) is 109 cm³/mol. The number of nitrogens with two attached hydrogens (primary N) is 1. The first-order chi connectivity index (χ1) is 13.6. The Hall–Kier alpha value is -2.86. The van der Waals surface area contributed by atoms with Crippen molar-refractivity contribution in [1.82, 2.24) is 14.5 Å². The summed E-state index contributed by atoms with van der Waals surface area (Å²) in [5.74, 6) is 1.63. The molecule has 146 valence electrons. The van der Waals surface area contributed by atoms with E-state index in [1.807, 2.05) is 64.1 Å². The highest BCUT2D eigenvalue weighted by atomic mass is 16.5. The zero-order chi connectivity index (χ0) is 19.6. The summed E-state index contributed by atoms with van der Waals surface area (Å²) in [6.45, 7) is 4.79. The third kappa shape index (κ3) is 3.73. The Morgan fingerprint density at radius 1 is 1.18 bits per heavy atom. The predicted octanol–water partition coefficient (Wildman–Crippen LogP) is 2.81. The van der Waals surface area contributed by atoms with Gasteiger partial charge in [-0.2, -0.15) is 0 Å². The van der Waals surface area contributed by atoms with Gasteiger partial charge in [-0.05, 0) is 42.6 Å². The average Bonchev–Trinajstić information content (AvgIpc) is 3.29. The number of benzene rings is 2. The number of aromatic nitrogens is 2. The lowest BCUT2D eigenvalue weighted by molar-refractivity contribution is -0.131. The van der Waals surface area contributed by atoms with Crippen LogP contribution in [0.5, 0.6) is 5.75 Å². The van der Waals surface area contributed by atoms with Crippen molar-refractivity contribution in [3.63, 3.8) is 0 Å². The van der Waals surface area contributed by atoms with E-state index in [9.17, 15) is 4.79 Å². The Kier molecular flexibility index (Phi) is 5.05. The van der Waals surface area contributed by atoms with E-state index in [1.54, 1.807) is 0 Å². The molecule has 0 radical (unpaired) electrons. The molecule has 4 rings (SSSR count). The Bertz CT molecular complexity index is 969. The van der Waals surface area contributed by atoms with Gasteiger partial charge in [-0.3, -0.25) is 4.79 Å². The van der Waals surface area contributed by atoms with Crippen molar-refractivity contribution < 1.29 is 9.53 Å². The minimum Gasteiger partial charge on any atom is -0.486 e. The largest absolute Gasteiger partial charge is 0.486 e. The van der Waals surface area contributed by atoms with Crippen LogP contribution >= 0.6 is 0 Å². The number of fused-ring (bicyclic) bond motifs is 1. The number of amides is 1. The number of nitrogens with zero attached hydrogens (tertiary/aromatic N) is 3. The van der Waals surface area contributed by atoms with E-state index < -0.39 is 0 Å². The molecule has 2 aromatic carbocycles. The van der Waals surface area contributed by atoms with Crippen LogP contribution in [0.2, 0.25) is 0 Å². The fraction of sp³-hybridized carbons (Fsp3) is 0.364. The molecule has 28 heavy (non-hydrogen) atoms. The molecule has 0 bridgehead atoms. The van der Waals surface area contributed by atoms with Gasteiger partial charge >= 0.3 is 0 Å². The topological polar surface area (TPSA) is 73.4 Å². The summed E-state index contributed by atoms with van der Waals surface area (Å²) in [6, 6.07) is 17.5. The van der Waals surface area contributed by atoms with E-state index >= 15 is 0 Å². The van der Waals surface area contributed by atoms with Crippen molar-refractivity contribution in [2.45, 2.75) is 26.5 Å². The molecule has 0 spiro atoms. The molecule has 1 saturated heterocycles. The smallest absolute Gasteiger partial charge is 0.242 e. The lowest BCUT2D eigenvalue weighted by Crippen LogP contribution is -2.36. The normalized spacial score (nSPS) is 19.3. The molecule has 1 atom stereocenters. The molecule has 6 nitrogen and oxygen atoms in total. The Morgan fingerprint density at radius 2 is 1.93 bits per heavy atom. The standard InChI is InChI=1S/C22H26N4O2/c1-22(15-23)11-12-25(16-22)21(27)13-26-19-10-6-5-9-18(19)24-20(26)14-28-17-7-3-2-4-8-17/h2-10H,11-16,23H2,1H3. The number of hydrogen-bond donors (Lipinski definition) is 1. The van der Waals surface area contributed by atoms with Crippen LogP contribution in [0.15, 0.2) is 54.6 Å². The zero-order valence-electron chi connectivity index (χ0n) is 16.2. The van der Waals surface area contributed by atoms with E-state index in [0.29, 0.717) is 19.7 Å². The Balaban J connectivity index is 1.56. The van der Waals surface area contributed by atoms with Crippen molar-refractivity contribution in [2.75, 3.05) is 19.6 Å². The van der Waals surface area contributed by atoms with Gasteiger partial charge in [0.25, 0.3) is 0 Å². The number of para-hydroxylation sites is 3. The molecular weight excluding hydrogens is 352 g/mol. The highest BCUT2D eigenvalue weighted by Crippen LogP contribution is 2.29. The third-order valence-electron chi connectivity index (χ3n) is 5.54. The van der Waals surface area contributed by atoms with Gasteiger partial charge in [0.2, 0.25) is 5.91 Å². The summed E-state index contributed by atoms with van der Waals surface area (Å²) < 4.78 is 7.87. The minimum atomic E-state index is 0.0198. The molecule has 1 unspecified atom stereocenters. The van der Waals surface area contributed by atoms with Gasteiger partial charge in [0.05, 0.1) is 11.0 Å². The highest BCUT2D eigenvalue weighted by molar-refractivity contribution is 5.81. The number of imidazole rings is 1. The second-order valence-electron chi connectivity index (χ2n) is 7.78. The maximum Gasteiger partial charge on any atom is 0.242 e. The molecule has 1 aliphatic rings. The van der Waals surface area contributed by atoms with Gasteiger partial charge < -0.3 is 19.9 Å². The Morgan fingerprint density at radius 3 is 2.68 bits per heavy atom. The van der Waals surface area contributed by atoms with E-state index in [1.165, 1.54) is 0 Å². The monoisotopic (exact) mass is 378 g/mol. The molecule has 1 amide bonds.